The summed E-state index contributed by atoms with van der Waals surface area (Å²) in [5.74, 6) is -0.0875. The number of nitrogens with zero attached hydrogens (tertiary/aromatic N) is 1. The summed E-state index contributed by atoms with van der Waals surface area (Å²) in [7, 11) is 0. The van der Waals surface area contributed by atoms with Crippen molar-refractivity contribution in [1.29, 1.82) is 5.26 Å². The highest BCUT2D eigenvalue weighted by molar-refractivity contribution is 5.81. The first-order valence-electron chi connectivity index (χ1n) is 6.30. The molecule has 0 aliphatic rings. The highest BCUT2D eigenvalue weighted by Gasteiger charge is 2.21. The van der Waals surface area contributed by atoms with E-state index in [1.54, 1.807) is 0 Å². The number of hydrogen-bond acceptors (Lipinski definition) is 2. The molecule has 0 bridgehead atoms. The van der Waals surface area contributed by atoms with Crippen molar-refractivity contribution >= 4 is 5.91 Å². The third kappa shape index (κ3) is 4.65. The van der Waals surface area contributed by atoms with Gasteiger partial charge in [-0.15, -0.1) is 0 Å². The lowest BCUT2D eigenvalue weighted by atomic mass is 9.94. The van der Waals surface area contributed by atoms with Gasteiger partial charge in [0.2, 0.25) is 5.91 Å². The van der Waals surface area contributed by atoms with Gasteiger partial charge >= 0.3 is 0 Å². The van der Waals surface area contributed by atoms with Crippen LogP contribution in [-0.2, 0) is 4.79 Å². The lowest BCUT2D eigenvalue weighted by molar-refractivity contribution is -0.124. The number of carbonyl (C=O) groups is 1. The molecule has 1 N–H and O–H groups in total. The lowest BCUT2D eigenvalue weighted by Gasteiger charge is -2.23. The van der Waals surface area contributed by atoms with Crippen LogP contribution in [0.4, 0.5) is 0 Å². The standard InChI is InChI=1S/C13H24N2O/c1-5-8-12(9-14)13(16)15-10(4)11(6-2)7-3/h10-12H,5-8H2,1-4H3,(H,15,16). The minimum atomic E-state index is -0.484. The zero-order chi connectivity index (χ0) is 12.6. The molecule has 0 aliphatic heterocycles. The molecule has 2 atom stereocenters. The molecule has 0 spiro atoms. The van der Waals surface area contributed by atoms with E-state index in [2.05, 4.69) is 25.2 Å². The summed E-state index contributed by atoms with van der Waals surface area (Å²) in [6.45, 7) is 8.27. The van der Waals surface area contributed by atoms with Crippen LogP contribution in [0.15, 0.2) is 0 Å². The fraction of sp³-hybridized carbons (Fsp3) is 0.846. The minimum absolute atomic E-state index is 0.108. The van der Waals surface area contributed by atoms with E-state index in [-0.39, 0.29) is 11.9 Å². The van der Waals surface area contributed by atoms with E-state index < -0.39 is 5.92 Å². The Hall–Kier alpha value is -1.04. The van der Waals surface area contributed by atoms with Crippen molar-refractivity contribution < 1.29 is 4.79 Å². The average molecular weight is 224 g/mol. The van der Waals surface area contributed by atoms with Crippen molar-refractivity contribution in [3.63, 3.8) is 0 Å². The second kappa shape index (κ2) is 8.15. The molecule has 0 aromatic carbocycles. The van der Waals surface area contributed by atoms with Crippen molar-refractivity contribution in [2.75, 3.05) is 0 Å². The average Bonchev–Trinajstić information content (AvgIpc) is 2.27. The summed E-state index contributed by atoms with van der Waals surface area (Å²) in [6, 6.07) is 2.23. The van der Waals surface area contributed by atoms with Gasteiger partial charge in [0, 0.05) is 6.04 Å². The van der Waals surface area contributed by atoms with E-state index >= 15 is 0 Å². The number of carbonyl (C=O) groups excluding carboxylic acids is 1. The van der Waals surface area contributed by atoms with Crippen LogP contribution < -0.4 is 5.32 Å². The van der Waals surface area contributed by atoms with Crippen LogP contribution in [-0.4, -0.2) is 11.9 Å². The Morgan fingerprint density at radius 3 is 2.25 bits per heavy atom. The second-order valence-corrected chi connectivity index (χ2v) is 4.34. The van der Waals surface area contributed by atoms with Gasteiger partial charge in [-0.2, -0.15) is 5.26 Å². The Bertz CT molecular complexity index is 241. The van der Waals surface area contributed by atoms with Crippen LogP contribution in [0.1, 0.15) is 53.4 Å². The highest BCUT2D eigenvalue weighted by atomic mass is 16.1. The smallest absolute Gasteiger partial charge is 0.237 e. The zero-order valence-corrected chi connectivity index (χ0v) is 10.9. The molecule has 0 saturated carbocycles. The molecule has 0 aromatic rings. The van der Waals surface area contributed by atoms with Gasteiger partial charge in [-0.05, 0) is 19.3 Å². The Morgan fingerprint density at radius 2 is 1.88 bits per heavy atom. The van der Waals surface area contributed by atoms with Crippen molar-refractivity contribution in [3.05, 3.63) is 0 Å². The predicted molar refractivity (Wildman–Crippen MR) is 65.7 cm³/mol. The molecular formula is C13H24N2O. The third-order valence-electron chi connectivity index (χ3n) is 3.18. The van der Waals surface area contributed by atoms with Crippen LogP contribution in [0, 0.1) is 23.2 Å². The zero-order valence-electron chi connectivity index (χ0n) is 10.9. The van der Waals surface area contributed by atoms with Crippen molar-refractivity contribution in [2.45, 2.75) is 59.4 Å². The largest absolute Gasteiger partial charge is 0.352 e. The van der Waals surface area contributed by atoms with Gasteiger partial charge in [0.1, 0.15) is 5.92 Å². The fourth-order valence-corrected chi connectivity index (χ4v) is 1.98. The van der Waals surface area contributed by atoms with Gasteiger partial charge in [0.25, 0.3) is 0 Å². The van der Waals surface area contributed by atoms with E-state index in [0.29, 0.717) is 12.3 Å². The number of nitriles is 1. The summed E-state index contributed by atoms with van der Waals surface area (Å²) >= 11 is 0. The molecule has 3 nitrogen and oxygen atoms in total. The van der Waals surface area contributed by atoms with E-state index in [1.807, 2.05) is 13.8 Å². The Labute approximate surface area is 99.2 Å². The molecule has 16 heavy (non-hydrogen) atoms. The maximum absolute atomic E-state index is 11.8. The molecule has 0 fully saturated rings. The molecule has 3 heteroatoms. The molecule has 0 radical (unpaired) electrons. The topological polar surface area (TPSA) is 52.9 Å². The van der Waals surface area contributed by atoms with E-state index in [1.165, 1.54) is 0 Å². The van der Waals surface area contributed by atoms with Gasteiger partial charge in [-0.25, -0.2) is 0 Å². The fourth-order valence-electron chi connectivity index (χ4n) is 1.98. The van der Waals surface area contributed by atoms with Crippen LogP contribution in [0.3, 0.4) is 0 Å². The molecule has 0 rings (SSSR count). The monoisotopic (exact) mass is 224 g/mol. The summed E-state index contributed by atoms with van der Waals surface area (Å²) in [6.07, 6.45) is 3.63. The minimum Gasteiger partial charge on any atom is -0.352 e. The molecule has 92 valence electrons. The van der Waals surface area contributed by atoms with Gasteiger partial charge in [-0.3, -0.25) is 4.79 Å². The van der Waals surface area contributed by atoms with Gasteiger partial charge in [0.15, 0.2) is 0 Å². The molecule has 1 amide bonds. The Morgan fingerprint density at radius 1 is 1.31 bits per heavy atom. The molecule has 0 aromatic heterocycles. The number of hydrogen-bond donors (Lipinski definition) is 1. The van der Waals surface area contributed by atoms with E-state index in [9.17, 15) is 4.79 Å². The Balaban J connectivity index is 4.26. The van der Waals surface area contributed by atoms with Crippen molar-refractivity contribution in [2.24, 2.45) is 11.8 Å². The highest BCUT2D eigenvalue weighted by Crippen LogP contribution is 2.14. The first-order valence-corrected chi connectivity index (χ1v) is 6.30. The van der Waals surface area contributed by atoms with Crippen LogP contribution in [0.5, 0.6) is 0 Å². The molecule has 0 saturated heterocycles. The SMILES string of the molecule is CCCC(C#N)C(=O)NC(C)C(CC)CC. The molecule has 0 aliphatic carbocycles. The molecule has 2 unspecified atom stereocenters. The lowest BCUT2D eigenvalue weighted by Crippen LogP contribution is -2.40. The third-order valence-corrected chi connectivity index (χ3v) is 3.18. The number of rotatable bonds is 7. The Kier molecular flexibility index (Phi) is 7.62. The van der Waals surface area contributed by atoms with Crippen molar-refractivity contribution in [1.82, 2.24) is 5.32 Å². The van der Waals surface area contributed by atoms with Crippen LogP contribution in [0.25, 0.3) is 0 Å². The van der Waals surface area contributed by atoms with E-state index in [4.69, 9.17) is 5.26 Å². The van der Waals surface area contributed by atoms with Gasteiger partial charge in [0.05, 0.1) is 6.07 Å². The first-order chi connectivity index (χ1) is 7.60. The van der Waals surface area contributed by atoms with E-state index in [0.717, 1.165) is 19.3 Å². The van der Waals surface area contributed by atoms with Crippen LogP contribution in [0.2, 0.25) is 0 Å². The predicted octanol–water partition coefficient (Wildman–Crippen LogP) is 2.87. The summed E-state index contributed by atoms with van der Waals surface area (Å²) in [5, 5.41) is 11.8. The van der Waals surface area contributed by atoms with Crippen LogP contribution >= 0.6 is 0 Å². The number of nitrogens with one attached hydrogen (secondary N) is 1. The normalized spacial score (nSPS) is 14.2. The summed E-state index contributed by atoms with van der Waals surface area (Å²) < 4.78 is 0. The quantitative estimate of drug-likeness (QED) is 0.723. The summed E-state index contributed by atoms with van der Waals surface area (Å²) in [4.78, 5) is 11.8. The molecular weight excluding hydrogens is 200 g/mol. The summed E-state index contributed by atoms with van der Waals surface area (Å²) in [5.41, 5.74) is 0. The number of amides is 1. The van der Waals surface area contributed by atoms with Gasteiger partial charge in [-0.1, -0.05) is 40.0 Å². The maximum Gasteiger partial charge on any atom is 0.237 e. The second-order valence-electron chi connectivity index (χ2n) is 4.34. The van der Waals surface area contributed by atoms with Crippen molar-refractivity contribution in [3.8, 4) is 6.07 Å². The van der Waals surface area contributed by atoms with Gasteiger partial charge < -0.3 is 5.32 Å². The molecule has 0 heterocycles. The first kappa shape index (κ1) is 15.0. The maximum atomic E-state index is 11.8.